The Morgan fingerprint density at radius 1 is 1.37 bits per heavy atom. The van der Waals surface area contributed by atoms with E-state index in [1.165, 1.54) is 0 Å². The van der Waals surface area contributed by atoms with Gasteiger partial charge in [-0.15, -0.1) is 0 Å². The van der Waals surface area contributed by atoms with E-state index in [2.05, 4.69) is 33.0 Å². The van der Waals surface area contributed by atoms with Gasteiger partial charge in [0.05, 0.1) is 7.11 Å². The zero-order valence-corrected chi connectivity index (χ0v) is 14.0. The van der Waals surface area contributed by atoms with Crippen LogP contribution in [-0.2, 0) is 0 Å². The molecule has 0 fully saturated rings. The van der Waals surface area contributed by atoms with Gasteiger partial charge in [0.2, 0.25) is 0 Å². The van der Waals surface area contributed by atoms with Crippen LogP contribution in [0.4, 0.5) is 0 Å². The molecule has 1 rings (SSSR count). The average molecular weight is 302 g/mol. The fourth-order valence-electron chi connectivity index (χ4n) is 1.82. The Kier molecular flexibility index (Phi) is 6.51. The van der Waals surface area contributed by atoms with E-state index < -0.39 is 0 Å². The highest BCUT2D eigenvalue weighted by Crippen LogP contribution is 2.33. The zero-order chi connectivity index (χ0) is 14.5. The summed E-state index contributed by atoms with van der Waals surface area (Å²) in [5.74, 6) is 1.89. The number of nitrogens with one attached hydrogen (secondary N) is 1. The molecule has 0 aliphatic heterocycles. The molecule has 0 aromatic heterocycles. The summed E-state index contributed by atoms with van der Waals surface area (Å²) in [6.07, 6.45) is 0. The van der Waals surface area contributed by atoms with Crippen LogP contribution < -0.4 is 10.1 Å². The molecule has 0 bridgehead atoms. The normalized spacial score (nSPS) is 13.4. The van der Waals surface area contributed by atoms with E-state index in [1.54, 1.807) is 7.11 Å². The fourth-order valence-corrected chi connectivity index (χ4v) is 2.96. The van der Waals surface area contributed by atoms with Gasteiger partial charge < -0.3 is 10.1 Å². The third kappa shape index (κ3) is 5.64. The molecular weight excluding hydrogens is 278 g/mol. The minimum Gasteiger partial charge on any atom is -0.496 e. The molecule has 0 aliphatic carbocycles. The van der Waals surface area contributed by atoms with Gasteiger partial charge in [0, 0.05) is 27.1 Å². The van der Waals surface area contributed by atoms with Crippen molar-refractivity contribution >= 4 is 23.4 Å². The summed E-state index contributed by atoms with van der Waals surface area (Å²) >= 11 is 8.06. The van der Waals surface area contributed by atoms with Gasteiger partial charge in [-0.3, -0.25) is 0 Å². The Bertz CT molecular complexity index is 404. The highest BCUT2D eigenvalue weighted by atomic mass is 35.5. The van der Waals surface area contributed by atoms with Crippen molar-refractivity contribution in [1.29, 1.82) is 0 Å². The number of ether oxygens (including phenoxy) is 1. The van der Waals surface area contributed by atoms with Crippen LogP contribution in [0.15, 0.2) is 18.2 Å². The van der Waals surface area contributed by atoms with Crippen molar-refractivity contribution in [3.63, 3.8) is 0 Å². The number of rotatable bonds is 6. The van der Waals surface area contributed by atoms with Crippen LogP contribution in [0.1, 0.15) is 39.3 Å². The van der Waals surface area contributed by atoms with Crippen LogP contribution in [0.2, 0.25) is 5.02 Å². The average Bonchev–Trinajstić information content (AvgIpc) is 2.33. The van der Waals surface area contributed by atoms with Crippen molar-refractivity contribution in [2.24, 2.45) is 0 Å². The van der Waals surface area contributed by atoms with Gasteiger partial charge in [-0.25, -0.2) is 0 Å². The molecule has 4 heteroatoms. The summed E-state index contributed by atoms with van der Waals surface area (Å²) in [6, 6.07) is 6.05. The van der Waals surface area contributed by atoms with E-state index in [1.807, 2.05) is 30.0 Å². The van der Waals surface area contributed by atoms with Gasteiger partial charge in [-0.05, 0) is 24.7 Å². The molecule has 0 amide bonds. The van der Waals surface area contributed by atoms with Gasteiger partial charge in [0.15, 0.2) is 0 Å². The summed E-state index contributed by atoms with van der Waals surface area (Å²) in [5, 5.41) is 4.26. The maximum atomic E-state index is 6.12. The molecule has 0 saturated heterocycles. The second-order valence-electron chi connectivity index (χ2n) is 5.42. The molecular formula is C15H24ClNOS. The molecule has 0 aliphatic rings. The number of hydrogen-bond acceptors (Lipinski definition) is 3. The molecule has 108 valence electrons. The van der Waals surface area contributed by atoms with Crippen LogP contribution in [0, 0.1) is 0 Å². The lowest BCUT2D eigenvalue weighted by atomic mass is 10.1. The number of methoxy groups -OCH3 is 1. The van der Waals surface area contributed by atoms with Crippen molar-refractivity contribution in [2.75, 3.05) is 19.4 Å². The first-order chi connectivity index (χ1) is 8.87. The first-order valence-electron chi connectivity index (χ1n) is 6.58. The largest absolute Gasteiger partial charge is 0.496 e. The summed E-state index contributed by atoms with van der Waals surface area (Å²) in [6.45, 7) is 9.73. The van der Waals surface area contributed by atoms with Crippen LogP contribution in [0.25, 0.3) is 0 Å². The number of halogens is 1. The summed E-state index contributed by atoms with van der Waals surface area (Å²) in [5.41, 5.74) is 1.13. The quantitative estimate of drug-likeness (QED) is 0.834. The molecule has 1 aromatic rings. The number of thioether (sulfide) groups is 1. The van der Waals surface area contributed by atoms with Crippen LogP contribution in [-0.4, -0.2) is 24.2 Å². The van der Waals surface area contributed by atoms with Gasteiger partial charge in [0.1, 0.15) is 5.75 Å². The third-order valence-electron chi connectivity index (χ3n) is 2.70. The first kappa shape index (κ1) is 16.7. The van der Waals surface area contributed by atoms with E-state index >= 15 is 0 Å². The second-order valence-corrected chi connectivity index (χ2v) is 7.70. The Morgan fingerprint density at radius 3 is 2.58 bits per heavy atom. The molecule has 0 spiro atoms. The van der Waals surface area contributed by atoms with Gasteiger partial charge in [-0.1, -0.05) is 39.3 Å². The predicted octanol–water partition coefficient (Wildman–Crippen LogP) is 4.53. The summed E-state index contributed by atoms with van der Waals surface area (Å²) in [4.78, 5) is 0. The molecule has 0 heterocycles. The molecule has 0 radical (unpaired) electrons. The third-order valence-corrected chi connectivity index (χ3v) is 4.30. The Labute approximate surface area is 126 Å². The highest BCUT2D eigenvalue weighted by Gasteiger charge is 2.19. The number of hydrogen-bond donors (Lipinski definition) is 1. The molecule has 0 saturated carbocycles. The Morgan fingerprint density at radius 2 is 2.05 bits per heavy atom. The Balaban J connectivity index is 2.94. The van der Waals surface area contributed by atoms with Crippen molar-refractivity contribution in [2.45, 2.75) is 38.5 Å². The molecule has 1 atom stereocenters. The molecule has 1 N–H and O–H groups in total. The lowest BCUT2D eigenvalue weighted by molar-refractivity contribution is 0.403. The predicted molar refractivity (Wildman–Crippen MR) is 86.6 cm³/mol. The topological polar surface area (TPSA) is 21.3 Å². The van der Waals surface area contributed by atoms with E-state index in [9.17, 15) is 0 Å². The van der Waals surface area contributed by atoms with Crippen LogP contribution >= 0.6 is 23.4 Å². The Hall–Kier alpha value is -0.380. The van der Waals surface area contributed by atoms with Crippen LogP contribution in [0.3, 0.4) is 0 Å². The smallest absolute Gasteiger partial charge is 0.123 e. The summed E-state index contributed by atoms with van der Waals surface area (Å²) in [7, 11) is 1.70. The monoisotopic (exact) mass is 301 g/mol. The molecule has 19 heavy (non-hydrogen) atoms. The lowest BCUT2D eigenvalue weighted by Crippen LogP contribution is -2.25. The van der Waals surface area contributed by atoms with Crippen molar-refractivity contribution in [3.8, 4) is 5.75 Å². The van der Waals surface area contributed by atoms with E-state index in [0.717, 1.165) is 28.6 Å². The molecule has 1 unspecified atom stereocenters. The zero-order valence-electron chi connectivity index (χ0n) is 12.4. The van der Waals surface area contributed by atoms with Crippen molar-refractivity contribution < 1.29 is 4.74 Å². The maximum absolute atomic E-state index is 6.12. The standard InChI is InChI=1S/C15H24ClNOS/c1-6-17-13(10-19-15(2,3)4)12-9-11(16)7-8-14(12)18-5/h7-9,13,17H,6,10H2,1-5H3. The summed E-state index contributed by atoms with van der Waals surface area (Å²) < 4.78 is 5.70. The minimum absolute atomic E-state index is 0.249. The highest BCUT2D eigenvalue weighted by molar-refractivity contribution is 8.00. The first-order valence-corrected chi connectivity index (χ1v) is 7.94. The van der Waals surface area contributed by atoms with E-state index in [-0.39, 0.29) is 10.8 Å². The molecule has 2 nitrogen and oxygen atoms in total. The van der Waals surface area contributed by atoms with Gasteiger partial charge >= 0.3 is 0 Å². The van der Waals surface area contributed by atoms with E-state index in [4.69, 9.17) is 16.3 Å². The minimum atomic E-state index is 0.249. The SMILES string of the molecule is CCNC(CSC(C)(C)C)c1cc(Cl)ccc1OC. The van der Waals surface area contributed by atoms with Gasteiger partial charge in [-0.2, -0.15) is 11.8 Å². The maximum Gasteiger partial charge on any atom is 0.123 e. The van der Waals surface area contributed by atoms with E-state index in [0.29, 0.717) is 0 Å². The lowest BCUT2D eigenvalue weighted by Gasteiger charge is -2.25. The van der Waals surface area contributed by atoms with Crippen molar-refractivity contribution in [3.05, 3.63) is 28.8 Å². The van der Waals surface area contributed by atoms with Crippen LogP contribution in [0.5, 0.6) is 5.75 Å². The fraction of sp³-hybridized carbons (Fsp3) is 0.600. The number of benzene rings is 1. The van der Waals surface area contributed by atoms with Gasteiger partial charge in [0.25, 0.3) is 0 Å². The van der Waals surface area contributed by atoms with Crippen molar-refractivity contribution in [1.82, 2.24) is 5.32 Å². The molecule has 1 aromatic carbocycles. The second kappa shape index (κ2) is 7.41.